The van der Waals surface area contributed by atoms with E-state index in [1.807, 2.05) is 11.3 Å². The number of nitrogens with zero attached hydrogens (tertiary/aromatic N) is 6. The number of imidazole rings is 1. The van der Waals surface area contributed by atoms with Gasteiger partial charge in [0.2, 0.25) is 5.65 Å². The summed E-state index contributed by atoms with van der Waals surface area (Å²) in [4.78, 5) is 18.8. The summed E-state index contributed by atoms with van der Waals surface area (Å²) in [6.07, 6.45) is 6.44. The van der Waals surface area contributed by atoms with Crippen molar-refractivity contribution in [3.63, 3.8) is 0 Å². The van der Waals surface area contributed by atoms with Crippen LogP contribution in [0.4, 0.5) is 5.82 Å². The Labute approximate surface area is 119 Å². The molecule has 9 heteroatoms. The molecule has 0 saturated heterocycles. The number of carbonyl (C=O) groups is 1. The highest BCUT2D eigenvalue weighted by molar-refractivity contribution is 5.84. The van der Waals surface area contributed by atoms with Gasteiger partial charge in [-0.15, -0.1) is 10.2 Å². The number of aryl methyl sites for hydroxylation is 1. The zero-order valence-corrected chi connectivity index (χ0v) is 11.3. The van der Waals surface area contributed by atoms with Gasteiger partial charge in [0.1, 0.15) is 5.82 Å². The van der Waals surface area contributed by atoms with Gasteiger partial charge in [0.25, 0.3) is 0 Å². The highest BCUT2D eigenvalue weighted by Crippen LogP contribution is 2.11. The average Bonchev–Trinajstić information content (AvgIpc) is 3.07. The minimum Gasteiger partial charge on any atom is -0.476 e. The molecule has 9 nitrogen and oxygen atoms in total. The molecule has 3 heterocycles. The molecule has 0 aromatic carbocycles. The van der Waals surface area contributed by atoms with Crippen LogP contribution in [0.1, 0.15) is 16.3 Å². The fourth-order valence-corrected chi connectivity index (χ4v) is 1.96. The molecule has 3 rings (SSSR count). The third-order valence-electron chi connectivity index (χ3n) is 3.01. The number of rotatable bonds is 5. The molecular weight excluding hydrogens is 274 g/mol. The van der Waals surface area contributed by atoms with E-state index in [4.69, 9.17) is 5.11 Å². The molecular formula is C12H13N7O2. The van der Waals surface area contributed by atoms with Crippen LogP contribution in [0.5, 0.6) is 0 Å². The first kappa shape index (κ1) is 13.0. The monoisotopic (exact) mass is 287 g/mol. The molecule has 0 bridgehead atoms. The molecule has 0 aliphatic rings. The summed E-state index contributed by atoms with van der Waals surface area (Å²) in [7, 11) is 0. The summed E-state index contributed by atoms with van der Waals surface area (Å²) in [5.41, 5.74) is 0.690. The van der Waals surface area contributed by atoms with Crippen LogP contribution >= 0.6 is 0 Å². The maximum Gasteiger partial charge on any atom is 0.356 e. The van der Waals surface area contributed by atoms with Crippen molar-refractivity contribution in [3.8, 4) is 0 Å². The Balaban J connectivity index is 1.67. The molecule has 0 radical (unpaired) electrons. The van der Waals surface area contributed by atoms with Gasteiger partial charge < -0.3 is 15.0 Å². The fourth-order valence-electron chi connectivity index (χ4n) is 1.96. The third-order valence-corrected chi connectivity index (χ3v) is 3.01. The van der Waals surface area contributed by atoms with E-state index >= 15 is 0 Å². The van der Waals surface area contributed by atoms with Gasteiger partial charge in [0.15, 0.2) is 11.5 Å². The molecule has 0 amide bonds. The van der Waals surface area contributed by atoms with Crippen LogP contribution in [0.2, 0.25) is 0 Å². The van der Waals surface area contributed by atoms with Crippen molar-refractivity contribution in [2.75, 3.05) is 11.9 Å². The number of anilines is 1. The molecule has 21 heavy (non-hydrogen) atoms. The number of nitrogens with one attached hydrogen (secondary N) is 1. The zero-order chi connectivity index (χ0) is 14.8. The SMILES string of the molecule is Cc1nnc2c(NCCn3cnc(C(=O)O)c3)nccn12. The number of fused-ring (bicyclic) bond motifs is 1. The normalized spacial score (nSPS) is 10.9. The second-order valence-electron chi connectivity index (χ2n) is 4.45. The molecule has 108 valence electrons. The number of hydrogen-bond donors (Lipinski definition) is 2. The molecule has 0 unspecified atom stereocenters. The quantitative estimate of drug-likeness (QED) is 0.700. The van der Waals surface area contributed by atoms with Crippen molar-refractivity contribution >= 4 is 17.4 Å². The summed E-state index contributed by atoms with van der Waals surface area (Å²) in [6, 6.07) is 0. The Morgan fingerprint density at radius 3 is 3.00 bits per heavy atom. The van der Waals surface area contributed by atoms with E-state index in [1.54, 1.807) is 17.0 Å². The summed E-state index contributed by atoms with van der Waals surface area (Å²) in [5.74, 6) is 0.389. The lowest BCUT2D eigenvalue weighted by molar-refractivity contribution is 0.0691. The minimum absolute atomic E-state index is 0.0308. The number of hydrogen-bond acceptors (Lipinski definition) is 6. The molecule has 2 N–H and O–H groups in total. The van der Waals surface area contributed by atoms with Crippen molar-refractivity contribution in [2.24, 2.45) is 0 Å². The summed E-state index contributed by atoms with van der Waals surface area (Å²) in [6.45, 7) is 2.99. The molecule has 0 aliphatic carbocycles. The van der Waals surface area contributed by atoms with Crippen molar-refractivity contribution in [1.29, 1.82) is 0 Å². The van der Waals surface area contributed by atoms with Gasteiger partial charge in [0, 0.05) is 31.7 Å². The lowest BCUT2D eigenvalue weighted by Crippen LogP contribution is -2.11. The number of carboxylic acid groups (broad SMARTS) is 1. The van der Waals surface area contributed by atoms with E-state index in [1.165, 1.54) is 12.5 Å². The van der Waals surface area contributed by atoms with Gasteiger partial charge in [-0.25, -0.2) is 14.8 Å². The van der Waals surface area contributed by atoms with Crippen LogP contribution in [-0.2, 0) is 6.54 Å². The fraction of sp³-hybridized carbons (Fsp3) is 0.250. The standard InChI is InChI=1S/C12H13N7O2/c1-8-16-17-11-10(14-3-5-19(8)11)13-2-4-18-6-9(12(20)21)15-7-18/h3,5-7H,2,4H2,1H3,(H,13,14)(H,20,21). The highest BCUT2D eigenvalue weighted by atomic mass is 16.4. The number of carboxylic acids is 1. The minimum atomic E-state index is -1.04. The summed E-state index contributed by atoms with van der Waals surface area (Å²) >= 11 is 0. The molecule has 0 spiro atoms. The van der Waals surface area contributed by atoms with E-state index in [-0.39, 0.29) is 5.69 Å². The lowest BCUT2D eigenvalue weighted by Gasteiger charge is -2.06. The molecule has 0 fully saturated rings. The molecule has 0 aliphatic heterocycles. The number of aromatic nitrogens is 6. The summed E-state index contributed by atoms with van der Waals surface area (Å²) in [5, 5.41) is 20.0. The van der Waals surface area contributed by atoms with Crippen molar-refractivity contribution < 1.29 is 9.90 Å². The maximum absolute atomic E-state index is 10.7. The summed E-state index contributed by atoms with van der Waals surface area (Å²) < 4.78 is 3.54. The van der Waals surface area contributed by atoms with E-state index in [9.17, 15) is 4.79 Å². The lowest BCUT2D eigenvalue weighted by atomic mass is 10.5. The van der Waals surface area contributed by atoms with Gasteiger partial charge >= 0.3 is 5.97 Å². The van der Waals surface area contributed by atoms with Crippen LogP contribution in [0.15, 0.2) is 24.9 Å². The van der Waals surface area contributed by atoms with E-state index in [0.717, 1.165) is 5.82 Å². The largest absolute Gasteiger partial charge is 0.476 e. The zero-order valence-electron chi connectivity index (χ0n) is 11.3. The molecule has 0 saturated carbocycles. The van der Waals surface area contributed by atoms with Gasteiger partial charge in [-0.2, -0.15) is 0 Å². The Kier molecular flexibility index (Phi) is 3.22. The van der Waals surface area contributed by atoms with Crippen LogP contribution in [0, 0.1) is 6.92 Å². The third kappa shape index (κ3) is 2.53. The first-order valence-electron chi connectivity index (χ1n) is 6.30. The van der Waals surface area contributed by atoms with E-state index in [0.29, 0.717) is 24.6 Å². The van der Waals surface area contributed by atoms with Crippen molar-refractivity contribution in [2.45, 2.75) is 13.5 Å². The van der Waals surface area contributed by atoms with E-state index < -0.39 is 5.97 Å². The van der Waals surface area contributed by atoms with E-state index in [2.05, 4.69) is 25.5 Å². The molecule has 0 atom stereocenters. The predicted octanol–water partition coefficient (Wildman–Crippen LogP) is 0.440. The smallest absolute Gasteiger partial charge is 0.356 e. The Morgan fingerprint density at radius 2 is 2.24 bits per heavy atom. The first-order valence-corrected chi connectivity index (χ1v) is 6.30. The highest BCUT2D eigenvalue weighted by Gasteiger charge is 2.08. The number of aromatic carboxylic acids is 1. The van der Waals surface area contributed by atoms with Crippen LogP contribution in [-0.4, -0.2) is 46.8 Å². The van der Waals surface area contributed by atoms with Gasteiger partial charge in [0.05, 0.1) is 6.33 Å². The molecule has 3 aromatic rings. The maximum atomic E-state index is 10.7. The van der Waals surface area contributed by atoms with Gasteiger partial charge in [-0.05, 0) is 6.92 Å². The van der Waals surface area contributed by atoms with Crippen LogP contribution < -0.4 is 5.32 Å². The Bertz CT molecular complexity index is 792. The second-order valence-corrected chi connectivity index (χ2v) is 4.45. The van der Waals surface area contributed by atoms with Gasteiger partial charge in [-0.3, -0.25) is 4.40 Å². The first-order chi connectivity index (χ1) is 10.1. The molecule has 3 aromatic heterocycles. The Morgan fingerprint density at radius 1 is 1.38 bits per heavy atom. The second kappa shape index (κ2) is 5.19. The van der Waals surface area contributed by atoms with Crippen molar-refractivity contribution in [3.05, 3.63) is 36.4 Å². The van der Waals surface area contributed by atoms with Crippen LogP contribution in [0.25, 0.3) is 5.65 Å². The topological polar surface area (TPSA) is 110 Å². The average molecular weight is 287 g/mol. The predicted molar refractivity (Wildman–Crippen MR) is 73.2 cm³/mol. The van der Waals surface area contributed by atoms with Crippen LogP contribution in [0.3, 0.4) is 0 Å². The Hall–Kier alpha value is -2.97. The van der Waals surface area contributed by atoms with Gasteiger partial charge in [-0.1, -0.05) is 0 Å². The van der Waals surface area contributed by atoms with Crippen molar-refractivity contribution in [1.82, 2.24) is 29.1 Å².